The van der Waals surface area contributed by atoms with Crippen LogP contribution in [0, 0.1) is 0 Å². The maximum Gasteiger partial charge on any atom is 0.338 e. The number of esters is 1. The lowest BCUT2D eigenvalue weighted by Crippen LogP contribution is -2.06. The molecule has 2 aromatic carbocycles. The van der Waals surface area contributed by atoms with Gasteiger partial charge in [-0.2, -0.15) is 0 Å². The summed E-state index contributed by atoms with van der Waals surface area (Å²) in [7, 11) is 2.93. The number of ether oxygens (including phenoxy) is 2. The molecule has 4 nitrogen and oxygen atoms in total. The second-order valence-corrected chi connectivity index (χ2v) is 4.64. The molecule has 0 aliphatic carbocycles. The minimum absolute atomic E-state index is 0.199. The summed E-state index contributed by atoms with van der Waals surface area (Å²) < 4.78 is 9.83. The Balaban J connectivity index is 2.15. The summed E-state index contributed by atoms with van der Waals surface area (Å²) in [5, 5.41) is 9.95. The van der Waals surface area contributed by atoms with Crippen molar-refractivity contribution in [1.29, 1.82) is 0 Å². The Morgan fingerprint density at radius 2 is 1.76 bits per heavy atom. The molecule has 21 heavy (non-hydrogen) atoms. The quantitative estimate of drug-likeness (QED) is 0.859. The maximum atomic E-state index is 11.7. The van der Waals surface area contributed by atoms with E-state index in [0.717, 1.165) is 11.1 Å². The largest absolute Gasteiger partial charge is 0.508 e. The lowest BCUT2D eigenvalue weighted by Gasteiger charge is -2.09. The van der Waals surface area contributed by atoms with Crippen molar-refractivity contribution in [2.45, 2.75) is 12.8 Å². The van der Waals surface area contributed by atoms with E-state index in [2.05, 4.69) is 0 Å². The van der Waals surface area contributed by atoms with E-state index in [1.807, 2.05) is 18.2 Å². The van der Waals surface area contributed by atoms with Crippen LogP contribution in [0.25, 0.3) is 0 Å². The molecule has 0 fully saturated rings. The Hall–Kier alpha value is -2.49. The minimum Gasteiger partial charge on any atom is -0.508 e. The highest BCUT2D eigenvalue weighted by Crippen LogP contribution is 2.25. The third kappa shape index (κ3) is 3.54. The van der Waals surface area contributed by atoms with Crippen LogP contribution in [0.15, 0.2) is 42.5 Å². The molecule has 0 spiro atoms. The van der Waals surface area contributed by atoms with Crippen LogP contribution in [0.3, 0.4) is 0 Å². The monoisotopic (exact) mass is 286 g/mol. The van der Waals surface area contributed by atoms with Crippen molar-refractivity contribution in [3.63, 3.8) is 0 Å². The lowest BCUT2D eigenvalue weighted by atomic mass is 9.99. The number of aryl methyl sites for hydroxylation is 2. The number of hydrogen-bond acceptors (Lipinski definition) is 4. The molecule has 0 aliphatic rings. The first-order valence-electron chi connectivity index (χ1n) is 6.67. The molecule has 0 aromatic heterocycles. The van der Waals surface area contributed by atoms with Gasteiger partial charge in [-0.25, -0.2) is 4.79 Å². The van der Waals surface area contributed by atoms with Gasteiger partial charge in [0.1, 0.15) is 11.5 Å². The van der Waals surface area contributed by atoms with Gasteiger partial charge in [0.15, 0.2) is 0 Å². The molecule has 0 radical (unpaired) electrons. The number of carbonyl (C=O) groups is 1. The van der Waals surface area contributed by atoms with Gasteiger partial charge >= 0.3 is 5.97 Å². The van der Waals surface area contributed by atoms with E-state index >= 15 is 0 Å². The van der Waals surface area contributed by atoms with E-state index in [4.69, 9.17) is 9.47 Å². The summed E-state index contributed by atoms with van der Waals surface area (Å²) in [4.78, 5) is 11.7. The zero-order chi connectivity index (χ0) is 15.2. The average Bonchev–Trinajstić information content (AvgIpc) is 2.53. The molecule has 0 saturated carbocycles. The van der Waals surface area contributed by atoms with Crippen molar-refractivity contribution in [1.82, 2.24) is 0 Å². The number of rotatable bonds is 5. The third-order valence-corrected chi connectivity index (χ3v) is 3.38. The smallest absolute Gasteiger partial charge is 0.338 e. The van der Waals surface area contributed by atoms with Crippen LogP contribution >= 0.6 is 0 Å². The molecule has 0 saturated heterocycles. The summed E-state index contributed by atoms with van der Waals surface area (Å²) >= 11 is 0. The maximum absolute atomic E-state index is 11.7. The first-order chi connectivity index (χ1) is 10.2. The normalized spacial score (nSPS) is 10.2. The first kappa shape index (κ1) is 14.9. The van der Waals surface area contributed by atoms with Gasteiger partial charge in [-0.3, -0.25) is 0 Å². The molecule has 0 heterocycles. The molecule has 0 atom stereocenters. The number of phenolic OH excluding ortho intramolecular Hbond substituents is 1. The molecular formula is C17H18O4. The number of phenols is 1. The van der Waals surface area contributed by atoms with E-state index in [1.165, 1.54) is 7.11 Å². The fourth-order valence-corrected chi connectivity index (χ4v) is 2.20. The summed E-state index contributed by atoms with van der Waals surface area (Å²) in [6, 6.07) is 12.6. The lowest BCUT2D eigenvalue weighted by molar-refractivity contribution is 0.0599. The molecule has 110 valence electrons. The number of aromatic hydroxyl groups is 1. The van der Waals surface area contributed by atoms with E-state index in [9.17, 15) is 9.90 Å². The number of hydrogen-bond donors (Lipinski definition) is 1. The zero-order valence-corrected chi connectivity index (χ0v) is 12.1. The minimum atomic E-state index is -0.343. The Kier molecular flexibility index (Phi) is 4.82. The summed E-state index contributed by atoms with van der Waals surface area (Å²) in [6.45, 7) is 0. The molecule has 2 rings (SSSR count). The van der Waals surface area contributed by atoms with Gasteiger partial charge in [0.05, 0.1) is 19.8 Å². The van der Waals surface area contributed by atoms with Crippen LogP contribution in [0.5, 0.6) is 11.5 Å². The predicted molar refractivity (Wildman–Crippen MR) is 79.8 cm³/mol. The summed E-state index contributed by atoms with van der Waals surface area (Å²) in [6.07, 6.45) is 1.27. The molecule has 1 N–H and O–H groups in total. The van der Waals surface area contributed by atoms with Crippen molar-refractivity contribution in [2.75, 3.05) is 14.2 Å². The highest BCUT2D eigenvalue weighted by molar-refractivity contribution is 5.90. The third-order valence-electron chi connectivity index (χ3n) is 3.38. The van der Waals surface area contributed by atoms with Crippen molar-refractivity contribution >= 4 is 5.97 Å². The van der Waals surface area contributed by atoms with E-state index in [0.29, 0.717) is 24.2 Å². The molecule has 0 unspecified atom stereocenters. The second kappa shape index (κ2) is 6.79. The molecule has 2 aromatic rings. The van der Waals surface area contributed by atoms with Gasteiger partial charge in [0.25, 0.3) is 0 Å². The molecule has 0 aliphatic heterocycles. The van der Waals surface area contributed by atoms with Gasteiger partial charge in [-0.15, -0.1) is 0 Å². The van der Waals surface area contributed by atoms with Crippen molar-refractivity contribution in [2.24, 2.45) is 0 Å². The van der Waals surface area contributed by atoms with Gasteiger partial charge in [-0.05, 0) is 36.1 Å². The molecule has 0 amide bonds. The Morgan fingerprint density at radius 1 is 1.05 bits per heavy atom. The fourth-order valence-electron chi connectivity index (χ4n) is 2.20. The standard InChI is InChI=1S/C17H18O4/c1-20-14-10-9-13(16(18)11-14)8-7-12-5-3-4-6-15(12)17(19)21-2/h3-6,9-11,18H,7-8H2,1-2H3. The Labute approximate surface area is 123 Å². The van der Waals surface area contributed by atoms with Crippen molar-refractivity contribution < 1.29 is 19.4 Å². The highest BCUT2D eigenvalue weighted by atomic mass is 16.5. The van der Waals surface area contributed by atoms with Crippen molar-refractivity contribution in [3.05, 3.63) is 59.2 Å². The van der Waals surface area contributed by atoms with Gasteiger partial charge in [-0.1, -0.05) is 24.3 Å². The number of benzene rings is 2. The van der Waals surface area contributed by atoms with E-state index < -0.39 is 0 Å². The summed E-state index contributed by atoms with van der Waals surface area (Å²) in [5.74, 6) is 0.473. The Bertz CT molecular complexity index is 634. The topological polar surface area (TPSA) is 55.8 Å². The van der Waals surface area contributed by atoms with Crippen LogP contribution in [0.2, 0.25) is 0 Å². The average molecular weight is 286 g/mol. The van der Waals surface area contributed by atoms with Gasteiger partial charge < -0.3 is 14.6 Å². The Morgan fingerprint density at radius 3 is 2.43 bits per heavy atom. The van der Waals surface area contributed by atoms with Crippen LogP contribution < -0.4 is 4.74 Å². The van der Waals surface area contributed by atoms with Gasteiger partial charge in [0.2, 0.25) is 0 Å². The van der Waals surface area contributed by atoms with Crippen LogP contribution in [-0.4, -0.2) is 25.3 Å². The van der Waals surface area contributed by atoms with E-state index in [1.54, 1.807) is 31.4 Å². The van der Waals surface area contributed by atoms with Crippen LogP contribution in [0.1, 0.15) is 21.5 Å². The fraction of sp³-hybridized carbons (Fsp3) is 0.235. The summed E-state index contributed by atoms with van der Waals surface area (Å²) in [5.41, 5.74) is 2.28. The zero-order valence-electron chi connectivity index (χ0n) is 12.1. The number of methoxy groups -OCH3 is 2. The number of carbonyl (C=O) groups excluding carboxylic acids is 1. The van der Waals surface area contributed by atoms with Crippen LogP contribution in [0.4, 0.5) is 0 Å². The van der Waals surface area contributed by atoms with E-state index in [-0.39, 0.29) is 11.7 Å². The molecule has 4 heteroatoms. The van der Waals surface area contributed by atoms with Gasteiger partial charge in [0, 0.05) is 6.07 Å². The van der Waals surface area contributed by atoms with Crippen molar-refractivity contribution in [3.8, 4) is 11.5 Å². The predicted octanol–water partition coefficient (Wildman–Crippen LogP) is 2.97. The molecule has 0 bridgehead atoms. The van der Waals surface area contributed by atoms with Crippen LogP contribution in [-0.2, 0) is 17.6 Å². The SMILES string of the molecule is COC(=O)c1ccccc1CCc1ccc(OC)cc1O. The second-order valence-electron chi connectivity index (χ2n) is 4.64. The highest BCUT2D eigenvalue weighted by Gasteiger charge is 2.11. The molecular weight excluding hydrogens is 268 g/mol. The first-order valence-corrected chi connectivity index (χ1v) is 6.67.